The monoisotopic (exact) mass is 299 g/mol. The summed E-state index contributed by atoms with van der Waals surface area (Å²) in [5, 5.41) is 12.3. The molecular weight excluding hydrogens is 278 g/mol. The average Bonchev–Trinajstić information content (AvgIpc) is 2.81. The molecule has 0 saturated heterocycles. The standard InChI is InChI=1S/C14H21NO2S2/c1-9(2)5-11(7-16)15-14(17)13-6-10-8-18-4-3-12(10)19-13/h6,9,11,16H,3-5,7-8H2,1-2H3,(H,15,17). The summed E-state index contributed by atoms with van der Waals surface area (Å²) in [5.74, 6) is 2.60. The van der Waals surface area contributed by atoms with Crippen LogP contribution in [0.15, 0.2) is 6.07 Å². The van der Waals surface area contributed by atoms with Crippen LogP contribution >= 0.6 is 23.1 Å². The highest BCUT2D eigenvalue weighted by atomic mass is 32.2. The van der Waals surface area contributed by atoms with E-state index in [9.17, 15) is 9.90 Å². The van der Waals surface area contributed by atoms with Gasteiger partial charge in [-0.3, -0.25) is 4.79 Å². The quantitative estimate of drug-likeness (QED) is 0.879. The van der Waals surface area contributed by atoms with E-state index in [2.05, 4.69) is 19.2 Å². The van der Waals surface area contributed by atoms with Crippen LogP contribution < -0.4 is 5.32 Å². The molecule has 1 unspecified atom stereocenters. The number of aryl methyl sites for hydroxylation is 1. The van der Waals surface area contributed by atoms with Crippen LogP contribution in [0, 0.1) is 5.92 Å². The van der Waals surface area contributed by atoms with E-state index in [1.54, 1.807) is 11.3 Å². The molecule has 1 amide bonds. The third-order valence-electron chi connectivity index (χ3n) is 3.16. The molecule has 0 aromatic carbocycles. The number of carbonyl (C=O) groups excluding carboxylic acids is 1. The minimum Gasteiger partial charge on any atom is -0.394 e. The van der Waals surface area contributed by atoms with Gasteiger partial charge < -0.3 is 10.4 Å². The van der Waals surface area contributed by atoms with Crippen molar-refractivity contribution in [3.05, 3.63) is 21.4 Å². The van der Waals surface area contributed by atoms with Crippen molar-refractivity contribution in [2.45, 2.75) is 38.5 Å². The van der Waals surface area contributed by atoms with E-state index in [4.69, 9.17) is 0 Å². The van der Waals surface area contributed by atoms with Crippen LogP contribution in [0.5, 0.6) is 0 Å². The molecule has 1 aliphatic rings. The number of nitrogens with one attached hydrogen (secondary N) is 1. The summed E-state index contributed by atoms with van der Waals surface area (Å²) in [5.41, 5.74) is 1.32. The number of thioether (sulfide) groups is 1. The van der Waals surface area contributed by atoms with Crippen LogP contribution in [0.4, 0.5) is 0 Å². The van der Waals surface area contributed by atoms with Crippen molar-refractivity contribution >= 4 is 29.0 Å². The Hall–Kier alpha value is -0.520. The van der Waals surface area contributed by atoms with Gasteiger partial charge in [0.15, 0.2) is 0 Å². The zero-order valence-corrected chi connectivity index (χ0v) is 13.1. The van der Waals surface area contributed by atoms with Gasteiger partial charge in [0, 0.05) is 10.6 Å². The summed E-state index contributed by atoms with van der Waals surface area (Å²) < 4.78 is 0. The molecule has 5 heteroatoms. The predicted molar refractivity (Wildman–Crippen MR) is 82.0 cm³/mol. The van der Waals surface area contributed by atoms with E-state index in [0.717, 1.165) is 29.2 Å². The Morgan fingerprint density at radius 2 is 2.32 bits per heavy atom. The first-order valence-electron chi connectivity index (χ1n) is 6.71. The molecule has 3 nitrogen and oxygen atoms in total. The lowest BCUT2D eigenvalue weighted by molar-refractivity contribution is 0.0912. The van der Waals surface area contributed by atoms with Crippen LogP contribution in [-0.4, -0.2) is 29.4 Å². The Morgan fingerprint density at radius 1 is 1.53 bits per heavy atom. The van der Waals surface area contributed by atoms with Crippen molar-refractivity contribution in [3.8, 4) is 0 Å². The predicted octanol–water partition coefficient (Wildman–Crippen LogP) is 2.67. The highest BCUT2D eigenvalue weighted by Gasteiger charge is 2.19. The number of carbonyl (C=O) groups is 1. The van der Waals surface area contributed by atoms with E-state index in [1.165, 1.54) is 10.4 Å². The summed E-state index contributed by atoms with van der Waals surface area (Å²) in [6.45, 7) is 4.19. The molecule has 1 aromatic rings. The Kier molecular flexibility index (Phi) is 5.30. The van der Waals surface area contributed by atoms with E-state index in [0.29, 0.717) is 5.92 Å². The number of hydrogen-bond acceptors (Lipinski definition) is 4. The van der Waals surface area contributed by atoms with Crippen molar-refractivity contribution in [1.82, 2.24) is 5.32 Å². The third-order valence-corrected chi connectivity index (χ3v) is 5.41. The zero-order valence-electron chi connectivity index (χ0n) is 11.4. The summed E-state index contributed by atoms with van der Waals surface area (Å²) in [4.78, 5) is 14.3. The second-order valence-electron chi connectivity index (χ2n) is 5.34. The molecule has 19 heavy (non-hydrogen) atoms. The summed E-state index contributed by atoms with van der Waals surface area (Å²) in [7, 11) is 0. The lowest BCUT2D eigenvalue weighted by Gasteiger charge is -2.17. The lowest BCUT2D eigenvalue weighted by atomic mass is 10.0. The number of aliphatic hydroxyl groups excluding tert-OH is 1. The summed E-state index contributed by atoms with van der Waals surface area (Å²) >= 11 is 3.53. The number of thiophene rings is 1. The molecule has 0 saturated carbocycles. The first-order chi connectivity index (χ1) is 9.10. The van der Waals surface area contributed by atoms with Gasteiger partial charge in [0.2, 0.25) is 0 Å². The Labute approximate surface area is 122 Å². The SMILES string of the molecule is CC(C)CC(CO)NC(=O)c1cc2c(s1)CCSC2. The maximum Gasteiger partial charge on any atom is 0.261 e. The van der Waals surface area contributed by atoms with Crippen LogP contribution in [0.25, 0.3) is 0 Å². The first-order valence-corrected chi connectivity index (χ1v) is 8.68. The molecule has 106 valence electrons. The Morgan fingerprint density at radius 3 is 2.95 bits per heavy atom. The topological polar surface area (TPSA) is 49.3 Å². The van der Waals surface area contributed by atoms with Crippen molar-refractivity contribution in [1.29, 1.82) is 0 Å². The summed E-state index contributed by atoms with van der Waals surface area (Å²) in [6, 6.07) is 1.88. The molecule has 1 atom stereocenters. The fraction of sp³-hybridized carbons (Fsp3) is 0.643. The number of hydrogen-bond donors (Lipinski definition) is 2. The molecular formula is C14H21NO2S2. The highest BCUT2D eigenvalue weighted by molar-refractivity contribution is 7.98. The van der Waals surface area contributed by atoms with Gasteiger partial charge in [0.25, 0.3) is 5.91 Å². The lowest BCUT2D eigenvalue weighted by Crippen LogP contribution is -2.38. The third kappa shape index (κ3) is 3.97. The van der Waals surface area contributed by atoms with Gasteiger partial charge in [0.05, 0.1) is 17.5 Å². The largest absolute Gasteiger partial charge is 0.394 e. The maximum atomic E-state index is 12.2. The van der Waals surface area contributed by atoms with Crippen molar-refractivity contribution < 1.29 is 9.90 Å². The Bertz CT molecular complexity index is 419. The van der Waals surface area contributed by atoms with E-state index in [1.807, 2.05) is 17.8 Å². The van der Waals surface area contributed by atoms with Gasteiger partial charge in [-0.15, -0.1) is 11.3 Å². The van der Waals surface area contributed by atoms with Gasteiger partial charge >= 0.3 is 0 Å². The van der Waals surface area contributed by atoms with Gasteiger partial charge in [-0.2, -0.15) is 11.8 Å². The second kappa shape index (κ2) is 6.77. The molecule has 2 N–H and O–H groups in total. The van der Waals surface area contributed by atoms with Crippen LogP contribution in [0.3, 0.4) is 0 Å². The number of rotatable bonds is 5. The molecule has 0 fully saturated rings. The Balaban J connectivity index is 2.00. The highest BCUT2D eigenvalue weighted by Crippen LogP contribution is 2.31. The van der Waals surface area contributed by atoms with E-state index < -0.39 is 0 Å². The number of fused-ring (bicyclic) bond motifs is 1. The van der Waals surface area contributed by atoms with Crippen molar-refractivity contribution in [2.75, 3.05) is 12.4 Å². The molecule has 0 radical (unpaired) electrons. The number of aliphatic hydroxyl groups is 1. The first kappa shape index (κ1) is 14.9. The molecule has 2 heterocycles. The van der Waals surface area contributed by atoms with Gasteiger partial charge in [0.1, 0.15) is 0 Å². The molecule has 0 spiro atoms. The minimum absolute atomic E-state index is 0.00482. The second-order valence-corrected chi connectivity index (χ2v) is 7.59. The van der Waals surface area contributed by atoms with E-state index >= 15 is 0 Å². The minimum atomic E-state index is -0.138. The zero-order chi connectivity index (χ0) is 13.8. The maximum absolute atomic E-state index is 12.2. The van der Waals surface area contributed by atoms with Gasteiger partial charge in [-0.1, -0.05) is 13.8 Å². The number of amides is 1. The van der Waals surface area contributed by atoms with Gasteiger partial charge in [-0.05, 0) is 36.1 Å². The van der Waals surface area contributed by atoms with Crippen LogP contribution in [0.2, 0.25) is 0 Å². The van der Waals surface area contributed by atoms with Crippen molar-refractivity contribution in [3.63, 3.8) is 0 Å². The smallest absolute Gasteiger partial charge is 0.261 e. The van der Waals surface area contributed by atoms with Crippen LogP contribution in [0.1, 0.15) is 40.4 Å². The average molecular weight is 299 g/mol. The van der Waals surface area contributed by atoms with Crippen molar-refractivity contribution in [2.24, 2.45) is 5.92 Å². The van der Waals surface area contributed by atoms with E-state index in [-0.39, 0.29) is 18.6 Å². The summed E-state index contributed by atoms with van der Waals surface area (Å²) in [6.07, 6.45) is 1.89. The molecule has 0 aliphatic carbocycles. The molecule has 0 bridgehead atoms. The normalized spacial score (nSPS) is 16.2. The molecule has 1 aromatic heterocycles. The van der Waals surface area contributed by atoms with Crippen LogP contribution in [-0.2, 0) is 12.2 Å². The van der Waals surface area contributed by atoms with Gasteiger partial charge in [-0.25, -0.2) is 0 Å². The molecule has 2 rings (SSSR count). The fourth-order valence-electron chi connectivity index (χ4n) is 2.26. The fourth-order valence-corrected chi connectivity index (χ4v) is 4.54. The molecule has 1 aliphatic heterocycles.